The number of aryl methyl sites for hydroxylation is 2. The van der Waals surface area contributed by atoms with Crippen molar-refractivity contribution in [2.75, 3.05) is 11.9 Å². The molecule has 2 rings (SSSR count). The molecular formula is C17H20N2O. The van der Waals surface area contributed by atoms with Crippen molar-refractivity contribution in [1.29, 1.82) is 0 Å². The van der Waals surface area contributed by atoms with Gasteiger partial charge in [-0.2, -0.15) is 0 Å². The highest BCUT2D eigenvalue weighted by Gasteiger charge is 2.07. The van der Waals surface area contributed by atoms with E-state index in [1.165, 1.54) is 5.56 Å². The van der Waals surface area contributed by atoms with E-state index in [2.05, 4.69) is 11.4 Å². The quantitative estimate of drug-likeness (QED) is 0.895. The number of hydrogen-bond acceptors (Lipinski definition) is 2. The van der Waals surface area contributed by atoms with E-state index in [1.54, 1.807) is 0 Å². The lowest BCUT2D eigenvalue weighted by molar-refractivity contribution is 0.102. The maximum absolute atomic E-state index is 12.2. The number of benzene rings is 2. The summed E-state index contributed by atoms with van der Waals surface area (Å²) in [6, 6.07) is 13.6. The van der Waals surface area contributed by atoms with Crippen LogP contribution in [0.3, 0.4) is 0 Å². The average Bonchev–Trinajstić information content (AvgIpc) is 2.40. The number of hydrogen-bond donors (Lipinski definition) is 2. The summed E-state index contributed by atoms with van der Waals surface area (Å²) < 4.78 is 0. The standard InChI is InChI=1S/C17H20N2O/c1-12-9-13(2)11-15(10-12)17(20)19-16-5-3-14(4-6-16)7-8-18/h3-6,9-11H,7-8,18H2,1-2H3,(H,19,20). The second-order valence-corrected chi connectivity index (χ2v) is 5.07. The van der Waals surface area contributed by atoms with Crippen molar-refractivity contribution in [2.45, 2.75) is 20.3 Å². The Morgan fingerprint density at radius 3 is 2.20 bits per heavy atom. The summed E-state index contributed by atoms with van der Waals surface area (Å²) in [5.74, 6) is -0.0802. The van der Waals surface area contributed by atoms with Crippen molar-refractivity contribution in [3.05, 3.63) is 64.7 Å². The SMILES string of the molecule is Cc1cc(C)cc(C(=O)Nc2ccc(CCN)cc2)c1. The number of carbonyl (C=O) groups excluding carboxylic acids is 1. The Morgan fingerprint density at radius 1 is 1.05 bits per heavy atom. The van der Waals surface area contributed by atoms with Gasteiger partial charge in [-0.25, -0.2) is 0 Å². The number of nitrogens with one attached hydrogen (secondary N) is 1. The van der Waals surface area contributed by atoms with Crippen molar-refractivity contribution in [1.82, 2.24) is 0 Å². The molecule has 20 heavy (non-hydrogen) atoms. The molecule has 0 aliphatic carbocycles. The molecule has 3 heteroatoms. The zero-order valence-corrected chi connectivity index (χ0v) is 11.9. The maximum atomic E-state index is 12.2. The van der Waals surface area contributed by atoms with E-state index in [1.807, 2.05) is 50.2 Å². The minimum absolute atomic E-state index is 0.0802. The molecule has 0 saturated heterocycles. The van der Waals surface area contributed by atoms with E-state index in [4.69, 9.17) is 5.73 Å². The van der Waals surface area contributed by atoms with Crippen molar-refractivity contribution in [2.24, 2.45) is 5.73 Å². The smallest absolute Gasteiger partial charge is 0.255 e. The Labute approximate surface area is 119 Å². The molecule has 0 atom stereocenters. The van der Waals surface area contributed by atoms with Crippen LogP contribution in [0.25, 0.3) is 0 Å². The zero-order valence-electron chi connectivity index (χ0n) is 11.9. The fourth-order valence-electron chi connectivity index (χ4n) is 2.23. The second kappa shape index (κ2) is 6.35. The predicted molar refractivity (Wildman–Crippen MR) is 83.1 cm³/mol. The Balaban J connectivity index is 2.10. The Hall–Kier alpha value is -2.13. The van der Waals surface area contributed by atoms with Crippen LogP contribution in [0, 0.1) is 13.8 Å². The van der Waals surface area contributed by atoms with Crippen LogP contribution in [-0.4, -0.2) is 12.5 Å². The molecule has 0 bridgehead atoms. The van der Waals surface area contributed by atoms with Gasteiger partial charge in [-0.3, -0.25) is 4.79 Å². The minimum atomic E-state index is -0.0802. The highest BCUT2D eigenvalue weighted by Crippen LogP contribution is 2.14. The molecule has 0 unspecified atom stereocenters. The first-order valence-electron chi connectivity index (χ1n) is 6.77. The molecule has 2 aromatic rings. The molecule has 3 N–H and O–H groups in total. The molecule has 0 radical (unpaired) electrons. The molecule has 0 aliphatic heterocycles. The lowest BCUT2D eigenvalue weighted by Gasteiger charge is -2.08. The first-order valence-corrected chi connectivity index (χ1v) is 6.77. The van der Waals surface area contributed by atoms with Gasteiger partial charge in [0.05, 0.1) is 0 Å². The summed E-state index contributed by atoms with van der Waals surface area (Å²) in [5.41, 5.74) is 10.4. The number of rotatable bonds is 4. The average molecular weight is 268 g/mol. The Bertz CT molecular complexity index is 583. The van der Waals surface area contributed by atoms with Gasteiger partial charge < -0.3 is 11.1 Å². The van der Waals surface area contributed by atoms with Gasteiger partial charge in [0, 0.05) is 11.3 Å². The largest absolute Gasteiger partial charge is 0.330 e. The summed E-state index contributed by atoms with van der Waals surface area (Å²) in [4.78, 5) is 12.2. The highest BCUT2D eigenvalue weighted by atomic mass is 16.1. The monoisotopic (exact) mass is 268 g/mol. The topological polar surface area (TPSA) is 55.1 Å². The Morgan fingerprint density at radius 2 is 1.65 bits per heavy atom. The van der Waals surface area contributed by atoms with E-state index in [0.29, 0.717) is 12.1 Å². The molecular weight excluding hydrogens is 248 g/mol. The molecule has 0 heterocycles. The number of carbonyl (C=O) groups is 1. The predicted octanol–water partition coefficient (Wildman–Crippen LogP) is 3.06. The molecule has 3 nitrogen and oxygen atoms in total. The fourth-order valence-corrected chi connectivity index (χ4v) is 2.23. The molecule has 2 aromatic carbocycles. The molecule has 104 valence electrons. The first kappa shape index (κ1) is 14.3. The van der Waals surface area contributed by atoms with E-state index in [9.17, 15) is 4.79 Å². The van der Waals surface area contributed by atoms with E-state index in [-0.39, 0.29) is 5.91 Å². The summed E-state index contributed by atoms with van der Waals surface area (Å²) in [7, 11) is 0. The van der Waals surface area contributed by atoms with Gasteiger partial charge in [-0.1, -0.05) is 29.3 Å². The van der Waals surface area contributed by atoms with Crippen LogP contribution < -0.4 is 11.1 Å². The third-order valence-corrected chi connectivity index (χ3v) is 3.13. The molecule has 1 amide bonds. The maximum Gasteiger partial charge on any atom is 0.255 e. The van der Waals surface area contributed by atoms with Crippen LogP contribution in [-0.2, 0) is 6.42 Å². The lowest BCUT2D eigenvalue weighted by atomic mass is 10.1. The van der Waals surface area contributed by atoms with Gasteiger partial charge in [-0.05, 0) is 56.6 Å². The fraction of sp³-hybridized carbons (Fsp3) is 0.235. The van der Waals surface area contributed by atoms with Gasteiger partial charge >= 0.3 is 0 Å². The van der Waals surface area contributed by atoms with Gasteiger partial charge in [-0.15, -0.1) is 0 Å². The lowest BCUT2D eigenvalue weighted by Crippen LogP contribution is -2.12. The van der Waals surface area contributed by atoms with Crippen molar-refractivity contribution in [3.63, 3.8) is 0 Å². The van der Waals surface area contributed by atoms with E-state index < -0.39 is 0 Å². The minimum Gasteiger partial charge on any atom is -0.330 e. The van der Waals surface area contributed by atoms with Crippen LogP contribution in [0.4, 0.5) is 5.69 Å². The van der Waals surface area contributed by atoms with E-state index in [0.717, 1.165) is 23.2 Å². The first-order chi connectivity index (χ1) is 9.58. The van der Waals surface area contributed by atoms with Crippen molar-refractivity contribution in [3.8, 4) is 0 Å². The van der Waals surface area contributed by atoms with Gasteiger partial charge in [0.15, 0.2) is 0 Å². The zero-order chi connectivity index (χ0) is 14.5. The molecule has 0 aromatic heterocycles. The van der Waals surface area contributed by atoms with Gasteiger partial charge in [0.1, 0.15) is 0 Å². The third-order valence-electron chi connectivity index (χ3n) is 3.13. The van der Waals surface area contributed by atoms with Crippen LogP contribution >= 0.6 is 0 Å². The summed E-state index contributed by atoms with van der Waals surface area (Å²) in [6.45, 7) is 4.62. The van der Waals surface area contributed by atoms with Crippen LogP contribution in [0.15, 0.2) is 42.5 Å². The summed E-state index contributed by atoms with van der Waals surface area (Å²) in [5, 5.41) is 2.91. The summed E-state index contributed by atoms with van der Waals surface area (Å²) in [6.07, 6.45) is 0.852. The van der Waals surface area contributed by atoms with Gasteiger partial charge in [0.25, 0.3) is 5.91 Å². The van der Waals surface area contributed by atoms with Crippen molar-refractivity contribution < 1.29 is 4.79 Å². The third kappa shape index (κ3) is 3.68. The second-order valence-electron chi connectivity index (χ2n) is 5.07. The van der Waals surface area contributed by atoms with Crippen LogP contribution in [0.5, 0.6) is 0 Å². The molecule has 0 fully saturated rings. The number of nitrogens with two attached hydrogens (primary N) is 1. The molecule has 0 spiro atoms. The van der Waals surface area contributed by atoms with Crippen LogP contribution in [0.2, 0.25) is 0 Å². The van der Waals surface area contributed by atoms with Crippen molar-refractivity contribution >= 4 is 11.6 Å². The van der Waals surface area contributed by atoms with Gasteiger partial charge in [0.2, 0.25) is 0 Å². The number of amides is 1. The normalized spacial score (nSPS) is 10.3. The highest BCUT2D eigenvalue weighted by molar-refractivity contribution is 6.04. The summed E-state index contributed by atoms with van der Waals surface area (Å²) >= 11 is 0. The number of anilines is 1. The van der Waals surface area contributed by atoms with E-state index >= 15 is 0 Å². The Kier molecular flexibility index (Phi) is 4.53. The van der Waals surface area contributed by atoms with Crippen LogP contribution in [0.1, 0.15) is 27.0 Å². The molecule has 0 aliphatic rings. The molecule has 0 saturated carbocycles.